The fourth-order valence-electron chi connectivity index (χ4n) is 6.03. The zero-order chi connectivity index (χ0) is 24.3. The molecule has 0 bridgehead atoms. The van der Waals surface area contributed by atoms with E-state index in [1.165, 1.54) is 22.0 Å². The monoisotopic (exact) mass is 472 g/mol. The average molecular weight is 473 g/mol. The quantitative estimate of drug-likeness (QED) is 0.360. The number of anilines is 1. The summed E-state index contributed by atoms with van der Waals surface area (Å²) in [6, 6.07) is 25.9. The van der Waals surface area contributed by atoms with Crippen molar-refractivity contribution in [2.24, 2.45) is 0 Å². The number of hydrogen-bond acceptors (Lipinski definition) is 3. The first-order valence-electron chi connectivity index (χ1n) is 12.7. The van der Waals surface area contributed by atoms with Gasteiger partial charge in [0.25, 0.3) is 0 Å². The number of aromatic nitrogens is 2. The highest BCUT2D eigenvalue weighted by atomic mass is 16.2. The van der Waals surface area contributed by atoms with Gasteiger partial charge in [-0.25, -0.2) is 0 Å². The number of benzene rings is 3. The van der Waals surface area contributed by atoms with E-state index in [1.54, 1.807) is 0 Å². The molecule has 4 heterocycles. The lowest BCUT2D eigenvalue weighted by atomic mass is 9.73. The first-order valence-corrected chi connectivity index (χ1v) is 12.7. The second kappa shape index (κ2) is 8.04. The van der Waals surface area contributed by atoms with Crippen LogP contribution < -0.4 is 5.32 Å². The Hall–Kier alpha value is -3.96. The van der Waals surface area contributed by atoms with E-state index in [0.29, 0.717) is 0 Å². The van der Waals surface area contributed by atoms with E-state index in [-0.39, 0.29) is 11.3 Å². The summed E-state index contributed by atoms with van der Waals surface area (Å²) in [6.45, 7) is 2.71. The van der Waals surface area contributed by atoms with E-state index in [2.05, 4.69) is 99.7 Å². The number of likely N-dealkylation sites (tertiary alicyclic amines) is 1. The van der Waals surface area contributed by atoms with E-state index in [4.69, 9.17) is 0 Å². The molecule has 0 radical (unpaired) electrons. The molecule has 5 nitrogen and oxygen atoms in total. The third kappa shape index (κ3) is 3.34. The van der Waals surface area contributed by atoms with Crippen molar-refractivity contribution in [2.45, 2.75) is 24.8 Å². The molecule has 1 fully saturated rings. The molecule has 2 aliphatic rings. The number of rotatable bonds is 3. The number of piperidine rings is 1. The predicted octanol–water partition coefficient (Wildman–Crippen LogP) is 5.82. The summed E-state index contributed by atoms with van der Waals surface area (Å²) >= 11 is 0. The van der Waals surface area contributed by atoms with Crippen molar-refractivity contribution >= 4 is 33.4 Å². The summed E-state index contributed by atoms with van der Waals surface area (Å²) in [5, 5.41) is 5.59. The lowest BCUT2D eigenvalue weighted by molar-refractivity contribution is -0.122. The second-order valence-corrected chi connectivity index (χ2v) is 10.3. The number of nitrogens with zero attached hydrogens (tertiary/aromatic N) is 3. The maximum atomic E-state index is 13.1. The van der Waals surface area contributed by atoms with Gasteiger partial charge < -0.3 is 14.8 Å². The number of nitrogens with one attached hydrogen (secondary N) is 1. The lowest BCUT2D eigenvalue weighted by Gasteiger charge is -2.36. The van der Waals surface area contributed by atoms with Crippen molar-refractivity contribution in [2.75, 3.05) is 25.5 Å². The molecule has 1 spiro atoms. The van der Waals surface area contributed by atoms with Gasteiger partial charge in [0.15, 0.2) is 0 Å². The molecule has 36 heavy (non-hydrogen) atoms. The minimum absolute atomic E-state index is 0.165. The molecule has 1 N–H and O–H groups in total. The zero-order valence-electron chi connectivity index (χ0n) is 20.4. The fraction of sp³-hybridized carbons (Fsp3) is 0.226. The van der Waals surface area contributed by atoms with E-state index < -0.39 is 0 Å². The summed E-state index contributed by atoms with van der Waals surface area (Å²) in [6.07, 6.45) is 5.76. The van der Waals surface area contributed by atoms with Crippen LogP contribution in [0.4, 0.5) is 5.69 Å². The molecule has 0 aliphatic carbocycles. The Morgan fingerprint density at radius 2 is 1.75 bits per heavy atom. The molecular weight excluding hydrogens is 444 g/mol. The van der Waals surface area contributed by atoms with Crippen LogP contribution in [0.2, 0.25) is 0 Å². The molecule has 0 unspecified atom stereocenters. The number of amides is 1. The predicted molar refractivity (Wildman–Crippen MR) is 145 cm³/mol. The van der Waals surface area contributed by atoms with Gasteiger partial charge in [-0.3, -0.25) is 9.78 Å². The Bertz CT molecular complexity index is 1640. The number of pyridine rings is 1. The molecule has 7 rings (SSSR count). The van der Waals surface area contributed by atoms with Gasteiger partial charge in [-0.05, 0) is 97.0 Å². The highest BCUT2D eigenvalue weighted by molar-refractivity contribution is 6.07. The third-order valence-corrected chi connectivity index (χ3v) is 8.19. The Labute approximate surface area is 210 Å². The Balaban J connectivity index is 1.22. The number of hydrogen-bond donors (Lipinski definition) is 1. The Morgan fingerprint density at radius 3 is 2.64 bits per heavy atom. The highest BCUT2D eigenvalue weighted by Gasteiger charge is 2.47. The molecule has 5 aromatic rings. The van der Waals surface area contributed by atoms with Gasteiger partial charge in [0.2, 0.25) is 5.91 Å². The Morgan fingerprint density at radius 1 is 0.917 bits per heavy atom. The van der Waals surface area contributed by atoms with Crippen LogP contribution in [0.3, 0.4) is 0 Å². The van der Waals surface area contributed by atoms with Gasteiger partial charge in [0, 0.05) is 35.5 Å². The molecule has 0 atom stereocenters. The summed E-state index contributed by atoms with van der Waals surface area (Å²) < 4.78 is 2.30. The molecule has 178 valence electrons. The fourth-order valence-corrected chi connectivity index (χ4v) is 6.03. The Kier molecular flexibility index (Phi) is 4.76. The SMILES string of the molecule is CN1CCC2(CC1)C(=O)Nc1cc(-c3ccc4ccn(Cc5ccc6ncccc6c5)c4c3)ccc12. The molecule has 3 aromatic carbocycles. The van der Waals surface area contributed by atoms with Gasteiger partial charge in [-0.2, -0.15) is 0 Å². The molecule has 1 saturated heterocycles. The van der Waals surface area contributed by atoms with Gasteiger partial charge in [-0.15, -0.1) is 0 Å². The van der Waals surface area contributed by atoms with Crippen molar-refractivity contribution in [3.05, 3.63) is 96.3 Å². The van der Waals surface area contributed by atoms with Gasteiger partial charge in [0.05, 0.1) is 10.9 Å². The van der Waals surface area contributed by atoms with Crippen LogP contribution in [0.25, 0.3) is 32.9 Å². The minimum Gasteiger partial charge on any atom is -0.343 e. The number of carbonyl (C=O) groups excluding carboxylic acids is 1. The molecular formula is C31H28N4O. The average Bonchev–Trinajstić information content (AvgIpc) is 3.43. The smallest absolute Gasteiger partial charge is 0.235 e. The molecule has 2 aromatic heterocycles. The van der Waals surface area contributed by atoms with Crippen LogP contribution in [-0.2, 0) is 16.8 Å². The lowest BCUT2D eigenvalue weighted by Crippen LogP contribution is -2.45. The summed E-state index contributed by atoms with van der Waals surface area (Å²) in [4.78, 5) is 19.8. The van der Waals surface area contributed by atoms with Crippen LogP contribution in [0, 0.1) is 0 Å². The topological polar surface area (TPSA) is 50.2 Å². The van der Waals surface area contributed by atoms with Crippen LogP contribution in [0.15, 0.2) is 85.2 Å². The third-order valence-electron chi connectivity index (χ3n) is 8.19. The maximum absolute atomic E-state index is 13.1. The molecule has 5 heteroatoms. The van der Waals surface area contributed by atoms with E-state index in [1.807, 2.05) is 12.3 Å². The second-order valence-electron chi connectivity index (χ2n) is 10.3. The van der Waals surface area contributed by atoms with Crippen molar-refractivity contribution in [1.82, 2.24) is 14.5 Å². The molecule has 2 aliphatic heterocycles. The summed E-state index contributed by atoms with van der Waals surface area (Å²) in [7, 11) is 2.13. The number of carbonyl (C=O) groups is 1. The summed E-state index contributed by atoms with van der Waals surface area (Å²) in [5.41, 5.74) is 7.54. The summed E-state index contributed by atoms with van der Waals surface area (Å²) in [5.74, 6) is 0.165. The van der Waals surface area contributed by atoms with Crippen molar-refractivity contribution in [1.29, 1.82) is 0 Å². The highest BCUT2D eigenvalue weighted by Crippen LogP contribution is 2.46. The van der Waals surface area contributed by atoms with Crippen molar-refractivity contribution in [3.63, 3.8) is 0 Å². The first kappa shape index (κ1) is 21.3. The van der Waals surface area contributed by atoms with Gasteiger partial charge >= 0.3 is 0 Å². The first-order chi connectivity index (χ1) is 17.6. The van der Waals surface area contributed by atoms with Gasteiger partial charge in [-0.1, -0.05) is 36.4 Å². The maximum Gasteiger partial charge on any atom is 0.235 e. The standard InChI is InChI=1S/C31H28N4O/c1-34-15-11-31(12-16-34)26-8-7-23(18-28(26)33-30(31)36)24-6-5-22-10-14-35(29(22)19-24)20-21-4-9-27-25(17-21)3-2-13-32-27/h2-10,13-14,17-19H,11-12,15-16,20H2,1H3,(H,33,36). The number of fused-ring (bicyclic) bond motifs is 4. The zero-order valence-corrected chi connectivity index (χ0v) is 20.4. The molecule has 0 saturated carbocycles. The van der Waals surface area contributed by atoms with Gasteiger partial charge in [0.1, 0.15) is 0 Å². The van der Waals surface area contributed by atoms with Crippen LogP contribution in [0.1, 0.15) is 24.0 Å². The van der Waals surface area contributed by atoms with E-state index >= 15 is 0 Å². The molecule has 1 amide bonds. The van der Waals surface area contributed by atoms with Crippen LogP contribution >= 0.6 is 0 Å². The van der Waals surface area contributed by atoms with E-state index in [9.17, 15) is 4.79 Å². The van der Waals surface area contributed by atoms with Crippen molar-refractivity contribution in [3.8, 4) is 11.1 Å². The van der Waals surface area contributed by atoms with Crippen LogP contribution in [-0.4, -0.2) is 40.5 Å². The minimum atomic E-state index is -0.367. The van der Waals surface area contributed by atoms with Crippen LogP contribution in [0.5, 0.6) is 0 Å². The van der Waals surface area contributed by atoms with E-state index in [0.717, 1.165) is 60.2 Å². The normalized spacial score (nSPS) is 17.1. The largest absolute Gasteiger partial charge is 0.343 e. The van der Waals surface area contributed by atoms with Crippen molar-refractivity contribution < 1.29 is 4.79 Å².